The van der Waals surface area contributed by atoms with E-state index in [0.29, 0.717) is 5.15 Å². The van der Waals surface area contributed by atoms with E-state index in [1.165, 1.54) is 32.4 Å². The van der Waals surface area contributed by atoms with Crippen LogP contribution < -0.4 is 0 Å². The van der Waals surface area contributed by atoms with Crippen LogP contribution in [0.15, 0.2) is 12.1 Å². The van der Waals surface area contributed by atoms with E-state index in [2.05, 4.69) is 9.88 Å². The maximum absolute atomic E-state index is 6.15. The quantitative estimate of drug-likeness (QED) is 0.764. The van der Waals surface area contributed by atoms with Gasteiger partial charge in [0.2, 0.25) is 0 Å². The number of pyridine rings is 1. The van der Waals surface area contributed by atoms with Crippen molar-refractivity contribution < 1.29 is 0 Å². The highest BCUT2D eigenvalue weighted by molar-refractivity contribution is 6.32. The first-order chi connectivity index (χ1) is 8.22. The minimum absolute atomic E-state index is 0.531. The minimum Gasteiger partial charge on any atom is -0.297 e. The van der Waals surface area contributed by atoms with Gasteiger partial charge < -0.3 is 0 Å². The summed E-state index contributed by atoms with van der Waals surface area (Å²) in [7, 11) is 0. The van der Waals surface area contributed by atoms with Crippen LogP contribution >= 0.6 is 23.2 Å². The zero-order valence-electron chi connectivity index (χ0n) is 9.70. The maximum Gasteiger partial charge on any atom is 0.129 e. The fraction of sp³-hybridized carbons (Fsp3) is 0.615. The van der Waals surface area contributed by atoms with E-state index in [4.69, 9.17) is 23.2 Å². The summed E-state index contributed by atoms with van der Waals surface area (Å²) in [5.41, 5.74) is 0.916. The highest BCUT2D eigenvalue weighted by atomic mass is 35.5. The summed E-state index contributed by atoms with van der Waals surface area (Å²) in [6.45, 7) is 3.25. The van der Waals surface area contributed by atoms with Crippen molar-refractivity contribution in [1.82, 2.24) is 9.88 Å². The number of halogens is 2. The molecule has 17 heavy (non-hydrogen) atoms. The molecule has 0 N–H and O–H groups in total. The standard InChI is InChI=1S/C13H16Cl2N2/c14-11-4-5-13(15)16-12(11)8-17-6-9-2-1-3-10(9)7-17/h4-5,9-10H,1-3,6-8H2. The maximum atomic E-state index is 6.15. The van der Waals surface area contributed by atoms with Crippen molar-refractivity contribution in [1.29, 1.82) is 0 Å². The second kappa shape index (κ2) is 4.75. The van der Waals surface area contributed by atoms with E-state index in [0.717, 1.165) is 29.1 Å². The molecule has 0 bridgehead atoms. The second-order valence-corrected chi connectivity index (χ2v) is 6.00. The lowest BCUT2D eigenvalue weighted by atomic mass is 10.0. The van der Waals surface area contributed by atoms with Gasteiger partial charge in [0.25, 0.3) is 0 Å². The molecule has 0 amide bonds. The first-order valence-corrected chi connectivity index (χ1v) is 7.01. The van der Waals surface area contributed by atoms with Gasteiger partial charge in [0.1, 0.15) is 5.15 Å². The second-order valence-electron chi connectivity index (χ2n) is 5.21. The minimum atomic E-state index is 0.531. The van der Waals surface area contributed by atoms with Gasteiger partial charge in [0, 0.05) is 19.6 Å². The molecule has 4 heteroatoms. The van der Waals surface area contributed by atoms with E-state index in [1.54, 1.807) is 6.07 Å². The number of fused-ring (bicyclic) bond motifs is 1. The molecule has 1 aliphatic carbocycles. The molecule has 3 rings (SSSR count). The third-order valence-electron chi connectivity index (χ3n) is 4.06. The molecule has 2 unspecified atom stereocenters. The molecule has 2 nitrogen and oxygen atoms in total. The predicted molar refractivity (Wildman–Crippen MR) is 70.4 cm³/mol. The highest BCUT2D eigenvalue weighted by Gasteiger charge is 2.36. The van der Waals surface area contributed by atoms with Crippen LogP contribution in [0.1, 0.15) is 25.0 Å². The lowest BCUT2D eigenvalue weighted by Crippen LogP contribution is -2.22. The number of aromatic nitrogens is 1. The van der Waals surface area contributed by atoms with Crippen molar-refractivity contribution in [2.24, 2.45) is 11.8 Å². The highest BCUT2D eigenvalue weighted by Crippen LogP contribution is 2.38. The molecule has 2 heterocycles. The lowest BCUT2D eigenvalue weighted by molar-refractivity contribution is 0.300. The van der Waals surface area contributed by atoms with Crippen LogP contribution in [0.2, 0.25) is 10.2 Å². The van der Waals surface area contributed by atoms with Crippen LogP contribution in [0.25, 0.3) is 0 Å². The fourth-order valence-corrected chi connectivity index (χ4v) is 3.57. The number of nitrogens with zero attached hydrogens (tertiary/aromatic N) is 2. The van der Waals surface area contributed by atoms with E-state index in [1.807, 2.05) is 6.07 Å². The van der Waals surface area contributed by atoms with Gasteiger partial charge >= 0.3 is 0 Å². The van der Waals surface area contributed by atoms with Gasteiger partial charge in [0.05, 0.1) is 10.7 Å². The van der Waals surface area contributed by atoms with E-state index in [9.17, 15) is 0 Å². The van der Waals surface area contributed by atoms with Crippen LogP contribution in [0.5, 0.6) is 0 Å². The third kappa shape index (κ3) is 2.44. The molecular weight excluding hydrogens is 255 g/mol. The molecule has 1 aromatic rings. The Morgan fingerprint density at radius 1 is 1.18 bits per heavy atom. The van der Waals surface area contributed by atoms with Crippen molar-refractivity contribution in [3.63, 3.8) is 0 Å². The van der Waals surface area contributed by atoms with Gasteiger partial charge in [-0.1, -0.05) is 29.6 Å². The fourth-order valence-electron chi connectivity index (χ4n) is 3.24. The predicted octanol–water partition coefficient (Wildman–Crippen LogP) is 3.62. The number of hydrogen-bond acceptors (Lipinski definition) is 2. The molecule has 1 aliphatic heterocycles. The summed E-state index contributed by atoms with van der Waals surface area (Å²) in [5, 5.41) is 1.26. The van der Waals surface area contributed by atoms with Gasteiger partial charge in [-0.2, -0.15) is 0 Å². The van der Waals surface area contributed by atoms with Crippen LogP contribution in [-0.2, 0) is 6.54 Å². The largest absolute Gasteiger partial charge is 0.297 e. The summed E-state index contributed by atoms with van der Waals surface area (Å²) in [6, 6.07) is 3.58. The van der Waals surface area contributed by atoms with Gasteiger partial charge in [-0.25, -0.2) is 4.98 Å². The van der Waals surface area contributed by atoms with Gasteiger partial charge in [-0.15, -0.1) is 0 Å². The van der Waals surface area contributed by atoms with Crippen LogP contribution in [0.3, 0.4) is 0 Å². The van der Waals surface area contributed by atoms with Crippen molar-refractivity contribution in [2.45, 2.75) is 25.8 Å². The molecule has 1 aromatic heterocycles. The van der Waals surface area contributed by atoms with Crippen molar-refractivity contribution >= 4 is 23.2 Å². The Labute approximate surface area is 112 Å². The Morgan fingerprint density at radius 3 is 2.59 bits per heavy atom. The first kappa shape index (κ1) is 11.8. The van der Waals surface area contributed by atoms with Crippen molar-refractivity contribution in [3.8, 4) is 0 Å². The molecule has 2 aliphatic rings. The van der Waals surface area contributed by atoms with Gasteiger partial charge in [-0.05, 0) is 36.8 Å². The molecule has 0 radical (unpaired) electrons. The number of rotatable bonds is 2. The average molecular weight is 271 g/mol. The Morgan fingerprint density at radius 2 is 1.88 bits per heavy atom. The molecule has 2 atom stereocenters. The monoisotopic (exact) mass is 270 g/mol. The summed E-state index contributed by atoms with van der Waals surface area (Å²) >= 11 is 12.1. The molecule has 0 aromatic carbocycles. The van der Waals surface area contributed by atoms with Crippen LogP contribution in [0, 0.1) is 11.8 Å². The molecule has 0 spiro atoms. The SMILES string of the molecule is Clc1ccc(Cl)c(CN2CC3CCCC3C2)n1. The molecule has 1 saturated heterocycles. The topological polar surface area (TPSA) is 16.1 Å². The Kier molecular flexibility index (Phi) is 3.29. The third-order valence-corrected chi connectivity index (χ3v) is 4.61. The summed E-state index contributed by atoms with van der Waals surface area (Å²) < 4.78 is 0. The summed E-state index contributed by atoms with van der Waals surface area (Å²) in [4.78, 5) is 6.79. The van der Waals surface area contributed by atoms with E-state index >= 15 is 0 Å². The van der Waals surface area contributed by atoms with E-state index < -0.39 is 0 Å². The zero-order valence-corrected chi connectivity index (χ0v) is 11.2. The normalized spacial score (nSPS) is 28.6. The summed E-state index contributed by atoms with van der Waals surface area (Å²) in [6.07, 6.45) is 4.22. The smallest absolute Gasteiger partial charge is 0.129 e. The number of hydrogen-bond donors (Lipinski definition) is 0. The molecular formula is C13H16Cl2N2. The van der Waals surface area contributed by atoms with Crippen molar-refractivity contribution in [3.05, 3.63) is 28.0 Å². The Bertz CT molecular complexity index is 410. The van der Waals surface area contributed by atoms with Crippen LogP contribution in [-0.4, -0.2) is 23.0 Å². The average Bonchev–Trinajstić information content (AvgIpc) is 2.83. The molecule has 2 fully saturated rings. The molecule has 1 saturated carbocycles. The van der Waals surface area contributed by atoms with Crippen LogP contribution in [0.4, 0.5) is 0 Å². The first-order valence-electron chi connectivity index (χ1n) is 6.25. The summed E-state index contributed by atoms with van der Waals surface area (Å²) in [5.74, 6) is 1.82. The Balaban J connectivity index is 1.69. The lowest BCUT2D eigenvalue weighted by Gasteiger charge is -2.16. The molecule has 92 valence electrons. The Hall–Kier alpha value is -0.310. The van der Waals surface area contributed by atoms with Crippen molar-refractivity contribution in [2.75, 3.05) is 13.1 Å². The zero-order chi connectivity index (χ0) is 11.8. The number of likely N-dealkylation sites (tertiary alicyclic amines) is 1. The van der Waals surface area contributed by atoms with E-state index in [-0.39, 0.29) is 0 Å². The van der Waals surface area contributed by atoms with Gasteiger partial charge in [-0.3, -0.25) is 4.90 Å². The van der Waals surface area contributed by atoms with Gasteiger partial charge in [0.15, 0.2) is 0 Å².